The van der Waals surface area contributed by atoms with E-state index < -0.39 is 52.3 Å². The molecule has 0 unspecified atom stereocenters. The van der Waals surface area contributed by atoms with Gasteiger partial charge >= 0.3 is 6.11 Å². The standard InChI is InChI=1S/C36H26F8N2O/c1-2-3-4-5-22-19-45-34(46-20-22)13-7-21-6-12-28(31(39)14-21)36(43,44)47-25-9-11-26(30(38)18-25)23-8-10-27(29(37)15-23)24-16-32(40)35(42)33(41)17-24/h6-20H,2-5H2,1H3/b13-7+. The molecule has 0 saturated carbocycles. The molecule has 0 atom stereocenters. The monoisotopic (exact) mass is 654 g/mol. The molecular formula is C36H26F8N2O. The predicted molar refractivity (Wildman–Crippen MR) is 162 cm³/mol. The zero-order valence-electron chi connectivity index (χ0n) is 24.8. The molecule has 242 valence electrons. The molecule has 0 bridgehead atoms. The van der Waals surface area contributed by atoms with Gasteiger partial charge in [-0.05, 0) is 83.6 Å². The van der Waals surface area contributed by atoms with E-state index in [-0.39, 0.29) is 27.8 Å². The molecule has 0 spiro atoms. The summed E-state index contributed by atoms with van der Waals surface area (Å²) in [7, 11) is 0. The van der Waals surface area contributed by atoms with E-state index in [2.05, 4.69) is 21.6 Å². The van der Waals surface area contributed by atoms with Gasteiger partial charge in [0.1, 0.15) is 23.2 Å². The van der Waals surface area contributed by atoms with E-state index in [1.54, 1.807) is 12.4 Å². The first-order valence-corrected chi connectivity index (χ1v) is 14.6. The third-order valence-corrected chi connectivity index (χ3v) is 7.29. The summed E-state index contributed by atoms with van der Waals surface area (Å²) in [5, 5.41) is 0. The van der Waals surface area contributed by atoms with Crippen LogP contribution in [-0.2, 0) is 12.5 Å². The van der Waals surface area contributed by atoms with E-state index in [0.717, 1.165) is 67.6 Å². The summed E-state index contributed by atoms with van der Waals surface area (Å²) >= 11 is 0. The van der Waals surface area contributed by atoms with Crippen LogP contribution in [0.1, 0.15) is 48.7 Å². The first-order chi connectivity index (χ1) is 22.4. The maximum absolute atomic E-state index is 15.0. The molecule has 11 heteroatoms. The van der Waals surface area contributed by atoms with Crippen LogP contribution in [0.15, 0.2) is 79.1 Å². The molecule has 0 amide bonds. The fourth-order valence-electron chi connectivity index (χ4n) is 4.83. The lowest BCUT2D eigenvalue weighted by Gasteiger charge is -2.19. The molecule has 0 aliphatic carbocycles. The highest BCUT2D eigenvalue weighted by atomic mass is 19.3. The van der Waals surface area contributed by atoms with Crippen LogP contribution in [0.2, 0.25) is 0 Å². The smallest absolute Gasteiger partial charge is 0.429 e. The molecule has 1 aromatic heterocycles. The predicted octanol–water partition coefficient (Wildman–Crippen LogP) is 10.7. The number of hydrogen-bond donors (Lipinski definition) is 0. The molecule has 0 radical (unpaired) electrons. The number of benzene rings is 4. The Balaban J connectivity index is 1.28. The average molecular weight is 655 g/mol. The molecular weight excluding hydrogens is 628 g/mol. The number of unbranched alkanes of at least 4 members (excludes halogenated alkanes) is 2. The van der Waals surface area contributed by atoms with Gasteiger partial charge in [-0.3, -0.25) is 0 Å². The Morgan fingerprint density at radius 3 is 1.94 bits per heavy atom. The minimum Gasteiger partial charge on any atom is -0.429 e. The lowest BCUT2D eigenvalue weighted by molar-refractivity contribution is -0.187. The molecule has 0 N–H and O–H groups in total. The number of rotatable bonds is 11. The number of aromatic nitrogens is 2. The fourth-order valence-corrected chi connectivity index (χ4v) is 4.83. The Hall–Kier alpha value is -5.06. The summed E-state index contributed by atoms with van der Waals surface area (Å²) in [6.45, 7) is 2.11. The maximum atomic E-state index is 15.0. The zero-order chi connectivity index (χ0) is 33.7. The van der Waals surface area contributed by atoms with E-state index in [4.69, 9.17) is 0 Å². The van der Waals surface area contributed by atoms with Gasteiger partial charge in [-0.25, -0.2) is 36.3 Å². The van der Waals surface area contributed by atoms with Crippen LogP contribution >= 0.6 is 0 Å². The molecule has 5 rings (SSSR count). The molecule has 1 heterocycles. The van der Waals surface area contributed by atoms with Gasteiger partial charge in [0, 0.05) is 29.6 Å². The highest BCUT2D eigenvalue weighted by molar-refractivity contribution is 5.72. The molecule has 0 aliphatic heterocycles. The molecule has 3 nitrogen and oxygen atoms in total. The third-order valence-electron chi connectivity index (χ3n) is 7.29. The van der Waals surface area contributed by atoms with Gasteiger partial charge in [-0.15, -0.1) is 0 Å². The van der Waals surface area contributed by atoms with Crippen molar-refractivity contribution in [3.63, 3.8) is 0 Å². The minimum atomic E-state index is -4.19. The Morgan fingerprint density at radius 1 is 0.660 bits per heavy atom. The van der Waals surface area contributed by atoms with Gasteiger partial charge in [-0.1, -0.05) is 44.0 Å². The Morgan fingerprint density at radius 2 is 1.30 bits per heavy atom. The quantitative estimate of drug-likeness (QED) is 0.0808. The zero-order valence-corrected chi connectivity index (χ0v) is 24.8. The Kier molecular flexibility index (Phi) is 10.0. The lowest BCUT2D eigenvalue weighted by Crippen LogP contribution is -2.23. The molecule has 0 aliphatic rings. The van der Waals surface area contributed by atoms with Crippen molar-refractivity contribution in [3.05, 3.63) is 137 Å². The van der Waals surface area contributed by atoms with Crippen LogP contribution in [0.4, 0.5) is 35.1 Å². The lowest BCUT2D eigenvalue weighted by atomic mass is 9.99. The van der Waals surface area contributed by atoms with Crippen molar-refractivity contribution in [1.82, 2.24) is 9.97 Å². The summed E-state index contributed by atoms with van der Waals surface area (Å²) in [5.41, 5.74) is -0.640. The van der Waals surface area contributed by atoms with Crippen LogP contribution in [-0.4, -0.2) is 9.97 Å². The number of hydrogen-bond acceptors (Lipinski definition) is 3. The van der Waals surface area contributed by atoms with Crippen molar-refractivity contribution in [2.45, 2.75) is 38.7 Å². The van der Waals surface area contributed by atoms with Crippen LogP contribution < -0.4 is 4.74 Å². The normalized spacial score (nSPS) is 11.8. The summed E-state index contributed by atoms with van der Waals surface area (Å²) in [6, 6.07) is 10.1. The van der Waals surface area contributed by atoms with Crippen molar-refractivity contribution < 1.29 is 39.9 Å². The molecule has 4 aromatic carbocycles. The number of alkyl halides is 2. The van der Waals surface area contributed by atoms with Crippen molar-refractivity contribution in [3.8, 4) is 28.0 Å². The van der Waals surface area contributed by atoms with Crippen LogP contribution in [0.25, 0.3) is 34.4 Å². The van der Waals surface area contributed by atoms with Crippen molar-refractivity contribution in [2.24, 2.45) is 0 Å². The van der Waals surface area contributed by atoms with E-state index >= 15 is 0 Å². The van der Waals surface area contributed by atoms with Gasteiger partial charge in [0.25, 0.3) is 0 Å². The molecule has 0 saturated heterocycles. The van der Waals surface area contributed by atoms with E-state index in [1.807, 2.05) is 0 Å². The maximum Gasteiger partial charge on any atom is 0.429 e. The summed E-state index contributed by atoms with van der Waals surface area (Å²) in [5.74, 6) is -8.35. The highest BCUT2D eigenvalue weighted by Gasteiger charge is 2.38. The fraction of sp³-hybridized carbons (Fsp3) is 0.167. The van der Waals surface area contributed by atoms with Crippen LogP contribution in [0.3, 0.4) is 0 Å². The summed E-state index contributed by atoms with van der Waals surface area (Å²) in [6.07, 6.45) is 6.30. The number of halogens is 8. The largest absolute Gasteiger partial charge is 0.429 e. The van der Waals surface area contributed by atoms with Gasteiger partial charge in [0.15, 0.2) is 23.3 Å². The first-order valence-electron chi connectivity index (χ1n) is 14.6. The molecule has 5 aromatic rings. The van der Waals surface area contributed by atoms with Crippen molar-refractivity contribution in [2.75, 3.05) is 0 Å². The second-order valence-corrected chi connectivity index (χ2v) is 10.7. The van der Waals surface area contributed by atoms with Crippen molar-refractivity contribution >= 4 is 12.2 Å². The van der Waals surface area contributed by atoms with Crippen LogP contribution in [0, 0.1) is 34.9 Å². The summed E-state index contributed by atoms with van der Waals surface area (Å²) in [4.78, 5) is 8.49. The highest BCUT2D eigenvalue weighted by Crippen LogP contribution is 2.36. The van der Waals surface area contributed by atoms with Gasteiger partial charge in [0.2, 0.25) is 0 Å². The molecule has 0 fully saturated rings. The number of aryl methyl sites for hydroxylation is 1. The molecule has 47 heavy (non-hydrogen) atoms. The van der Waals surface area contributed by atoms with Crippen molar-refractivity contribution in [1.29, 1.82) is 0 Å². The van der Waals surface area contributed by atoms with E-state index in [1.165, 1.54) is 24.3 Å². The van der Waals surface area contributed by atoms with E-state index in [9.17, 15) is 35.1 Å². The summed E-state index contributed by atoms with van der Waals surface area (Å²) < 4.78 is 120. The van der Waals surface area contributed by atoms with Crippen LogP contribution in [0.5, 0.6) is 5.75 Å². The van der Waals surface area contributed by atoms with E-state index in [0.29, 0.717) is 24.0 Å². The SMILES string of the molecule is CCCCCc1cnc(/C=C/c2ccc(C(F)(F)Oc3ccc(-c4ccc(-c5cc(F)c(F)c(F)c5)c(F)c4)c(F)c3)c(F)c2)nc1. The minimum absolute atomic E-state index is 0.0341. The van der Waals surface area contributed by atoms with Gasteiger partial charge < -0.3 is 4.74 Å². The number of ether oxygens (including phenoxy) is 1. The second-order valence-electron chi connectivity index (χ2n) is 10.7. The van der Waals surface area contributed by atoms with Gasteiger partial charge in [-0.2, -0.15) is 8.78 Å². The third kappa shape index (κ3) is 7.85. The van der Waals surface area contributed by atoms with Gasteiger partial charge in [0.05, 0.1) is 5.56 Å². The Bertz CT molecular complexity index is 1900. The Labute approximate surface area is 265 Å². The average Bonchev–Trinajstić information content (AvgIpc) is 3.03. The number of nitrogens with zero attached hydrogens (tertiary/aromatic N) is 2. The first kappa shape index (κ1) is 33.3. The topological polar surface area (TPSA) is 35.0 Å². The second kappa shape index (κ2) is 14.1.